The first-order valence-corrected chi connectivity index (χ1v) is 11.8. The second kappa shape index (κ2) is 8.57. The summed E-state index contributed by atoms with van der Waals surface area (Å²) < 4.78 is 0. The lowest BCUT2D eigenvalue weighted by molar-refractivity contribution is -0.125. The SMILES string of the molecule is O=C(CN1C(=O)C2(SCC(=O)N2c2ccc(Cl)cc2)c2ccccc21)NCc1ccccc1. The quantitative estimate of drug-likeness (QED) is 0.604. The molecule has 0 saturated carbocycles. The summed E-state index contributed by atoms with van der Waals surface area (Å²) in [6, 6.07) is 23.8. The fraction of sp³-hybridized carbons (Fsp3) is 0.160. The Morgan fingerprint density at radius 3 is 2.42 bits per heavy atom. The molecule has 3 aromatic rings. The average Bonchev–Trinajstić information content (AvgIpc) is 3.30. The first-order valence-electron chi connectivity index (χ1n) is 10.5. The molecule has 1 spiro atoms. The summed E-state index contributed by atoms with van der Waals surface area (Å²) in [5.41, 5.74) is 2.91. The second-order valence-corrected chi connectivity index (χ2v) is 9.41. The van der Waals surface area contributed by atoms with E-state index < -0.39 is 4.87 Å². The third-order valence-corrected chi connectivity index (χ3v) is 7.42. The summed E-state index contributed by atoms with van der Waals surface area (Å²) in [6.45, 7) is 0.242. The third-order valence-electron chi connectivity index (χ3n) is 5.78. The van der Waals surface area contributed by atoms with Gasteiger partial charge in [-0.15, -0.1) is 11.8 Å². The molecule has 1 fully saturated rings. The first-order chi connectivity index (χ1) is 16.0. The van der Waals surface area contributed by atoms with E-state index in [1.54, 1.807) is 24.3 Å². The monoisotopic (exact) mass is 477 g/mol. The normalized spacial score (nSPS) is 19.3. The number of para-hydroxylation sites is 1. The Morgan fingerprint density at radius 2 is 1.67 bits per heavy atom. The lowest BCUT2D eigenvalue weighted by Crippen LogP contribution is -2.51. The molecule has 5 rings (SSSR count). The number of nitrogens with one attached hydrogen (secondary N) is 1. The van der Waals surface area contributed by atoms with Crippen molar-refractivity contribution in [1.82, 2.24) is 5.32 Å². The molecule has 3 aromatic carbocycles. The fourth-order valence-electron chi connectivity index (χ4n) is 4.30. The van der Waals surface area contributed by atoms with Crippen LogP contribution in [0.5, 0.6) is 0 Å². The van der Waals surface area contributed by atoms with Gasteiger partial charge in [0.05, 0.1) is 11.4 Å². The molecule has 1 unspecified atom stereocenters. The van der Waals surface area contributed by atoms with Crippen molar-refractivity contribution >= 4 is 52.5 Å². The standard InChI is InChI=1S/C25H20ClN3O3S/c26-18-10-12-19(13-11-18)29-23(31)16-33-25(29)20-8-4-5-9-21(20)28(24(25)32)15-22(30)27-14-17-6-2-1-3-7-17/h1-13H,14-16H2,(H,27,30). The van der Waals surface area contributed by atoms with E-state index in [2.05, 4.69) is 5.32 Å². The molecule has 2 heterocycles. The number of benzene rings is 3. The molecule has 33 heavy (non-hydrogen) atoms. The molecule has 2 aliphatic rings. The largest absolute Gasteiger partial charge is 0.350 e. The summed E-state index contributed by atoms with van der Waals surface area (Å²) in [5.74, 6) is -0.576. The van der Waals surface area contributed by atoms with E-state index in [1.807, 2.05) is 54.6 Å². The van der Waals surface area contributed by atoms with Gasteiger partial charge < -0.3 is 5.32 Å². The van der Waals surface area contributed by atoms with Crippen LogP contribution in [0, 0.1) is 0 Å². The number of nitrogens with zero attached hydrogens (tertiary/aromatic N) is 2. The van der Waals surface area contributed by atoms with Crippen LogP contribution in [0.1, 0.15) is 11.1 Å². The van der Waals surface area contributed by atoms with Crippen LogP contribution in [0.15, 0.2) is 78.9 Å². The van der Waals surface area contributed by atoms with Gasteiger partial charge in [0.2, 0.25) is 16.7 Å². The molecule has 2 aliphatic heterocycles. The number of rotatable bonds is 5. The zero-order chi connectivity index (χ0) is 23.0. The first kappa shape index (κ1) is 21.6. The summed E-state index contributed by atoms with van der Waals surface area (Å²) in [7, 11) is 0. The predicted octanol–water partition coefficient (Wildman–Crippen LogP) is 3.94. The van der Waals surface area contributed by atoms with Gasteiger partial charge in [-0.05, 0) is 35.9 Å². The minimum atomic E-state index is -1.25. The van der Waals surface area contributed by atoms with E-state index in [4.69, 9.17) is 11.6 Å². The molecule has 8 heteroatoms. The number of carbonyl (C=O) groups is 3. The van der Waals surface area contributed by atoms with Crippen molar-refractivity contribution < 1.29 is 14.4 Å². The highest BCUT2D eigenvalue weighted by molar-refractivity contribution is 8.02. The zero-order valence-corrected chi connectivity index (χ0v) is 19.1. The van der Waals surface area contributed by atoms with E-state index in [0.29, 0.717) is 28.5 Å². The fourth-order valence-corrected chi connectivity index (χ4v) is 5.78. The smallest absolute Gasteiger partial charge is 0.269 e. The lowest BCUT2D eigenvalue weighted by Gasteiger charge is -2.33. The van der Waals surface area contributed by atoms with Crippen molar-refractivity contribution in [3.8, 4) is 0 Å². The number of hydrogen-bond donors (Lipinski definition) is 1. The molecule has 166 valence electrons. The van der Waals surface area contributed by atoms with Crippen molar-refractivity contribution in [3.63, 3.8) is 0 Å². The van der Waals surface area contributed by atoms with E-state index in [0.717, 1.165) is 5.56 Å². The van der Waals surface area contributed by atoms with E-state index in [1.165, 1.54) is 21.6 Å². The molecule has 1 N–H and O–H groups in total. The molecule has 0 bridgehead atoms. The molecule has 0 aromatic heterocycles. The van der Waals surface area contributed by atoms with Crippen LogP contribution in [-0.4, -0.2) is 30.0 Å². The highest BCUT2D eigenvalue weighted by atomic mass is 35.5. The highest BCUT2D eigenvalue weighted by Gasteiger charge is 2.61. The zero-order valence-electron chi connectivity index (χ0n) is 17.5. The maximum atomic E-state index is 13.9. The van der Waals surface area contributed by atoms with Gasteiger partial charge in [0, 0.05) is 22.8 Å². The van der Waals surface area contributed by atoms with Crippen molar-refractivity contribution in [3.05, 3.63) is 95.0 Å². The van der Waals surface area contributed by atoms with Gasteiger partial charge in [-0.2, -0.15) is 0 Å². The number of fused-ring (bicyclic) bond motifs is 2. The van der Waals surface area contributed by atoms with E-state index >= 15 is 0 Å². The minimum Gasteiger partial charge on any atom is -0.350 e. The summed E-state index contributed by atoms with van der Waals surface area (Å²) in [6.07, 6.45) is 0. The lowest BCUT2D eigenvalue weighted by atomic mass is 10.0. The number of hydrogen-bond acceptors (Lipinski definition) is 4. The summed E-state index contributed by atoms with van der Waals surface area (Å²) in [5, 5.41) is 3.42. The van der Waals surface area contributed by atoms with Gasteiger partial charge >= 0.3 is 0 Å². The van der Waals surface area contributed by atoms with E-state index in [9.17, 15) is 14.4 Å². The second-order valence-electron chi connectivity index (χ2n) is 7.81. The molecule has 1 saturated heterocycles. The van der Waals surface area contributed by atoms with Gasteiger partial charge in [0.15, 0.2) is 0 Å². The topological polar surface area (TPSA) is 69.7 Å². The Morgan fingerprint density at radius 1 is 0.970 bits per heavy atom. The number of amides is 3. The molecule has 0 radical (unpaired) electrons. The molecule has 0 aliphatic carbocycles. The molecule has 6 nitrogen and oxygen atoms in total. The van der Waals surface area contributed by atoms with Gasteiger partial charge in [-0.1, -0.05) is 60.1 Å². The Labute approximate surface area is 200 Å². The van der Waals surface area contributed by atoms with Crippen molar-refractivity contribution in [2.75, 3.05) is 22.1 Å². The Bertz CT molecular complexity index is 1240. The Balaban J connectivity index is 1.46. The van der Waals surface area contributed by atoms with Crippen molar-refractivity contribution in [1.29, 1.82) is 0 Å². The van der Waals surface area contributed by atoms with Crippen LogP contribution < -0.4 is 15.1 Å². The maximum absolute atomic E-state index is 13.9. The minimum absolute atomic E-state index is 0.131. The van der Waals surface area contributed by atoms with Crippen molar-refractivity contribution in [2.24, 2.45) is 0 Å². The predicted molar refractivity (Wildman–Crippen MR) is 130 cm³/mol. The number of carbonyl (C=O) groups excluding carboxylic acids is 3. The van der Waals surface area contributed by atoms with Crippen LogP contribution >= 0.6 is 23.4 Å². The Kier molecular flexibility index (Phi) is 5.60. The van der Waals surface area contributed by atoms with Crippen LogP contribution in [0.4, 0.5) is 11.4 Å². The van der Waals surface area contributed by atoms with Crippen LogP contribution in [0.2, 0.25) is 5.02 Å². The van der Waals surface area contributed by atoms with Gasteiger partial charge in [0.1, 0.15) is 6.54 Å². The molecular weight excluding hydrogens is 458 g/mol. The molecule has 1 atom stereocenters. The Hall–Kier alpha value is -3.29. The van der Waals surface area contributed by atoms with Gasteiger partial charge in [-0.3, -0.25) is 24.2 Å². The van der Waals surface area contributed by atoms with E-state index in [-0.39, 0.29) is 30.0 Å². The molecular formula is C25H20ClN3O3S. The van der Waals surface area contributed by atoms with Crippen LogP contribution in [0.25, 0.3) is 0 Å². The van der Waals surface area contributed by atoms with Crippen molar-refractivity contribution in [2.45, 2.75) is 11.4 Å². The van der Waals surface area contributed by atoms with Crippen LogP contribution in [0.3, 0.4) is 0 Å². The summed E-state index contributed by atoms with van der Waals surface area (Å²) >= 11 is 7.32. The number of anilines is 2. The molecule has 3 amide bonds. The van der Waals surface area contributed by atoms with Gasteiger partial charge in [0.25, 0.3) is 5.91 Å². The maximum Gasteiger partial charge on any atom is 0.269 e. The number of thioether (sulfide) groups is 1. The highest BCUT2D eigenvalue weighted by Crippen LogP contribution is 2.55. The van der Waals surface area contributed by atoms with Crippen LogP contribution in [-0.2, 0) is 25.8 Å². The number of halogens is 1. The third kappa shape index (κ3) is 3.67. The summed E-state index contributed by atoms with van der Waals surface area (Å²) in [4.78, 5) is 41.4. The van der Waals surface area contributed by atoms with Gasteiger partial charge in [-0.25, -0.2) is 0 Å². The average molecular weight is 478 g/mol.